The predicted octanol–water partition coefficient (Wildman–Crippen LogP) is 1.38. The van der Waals surface area contributed by atoms with Crippen LogP contribution in [0.15, 0.2) is 0 Å². The first kappa shape index (κ1) is 9.11. The maximum absolute atomic E-state index is 10.5. The Morgan fingerprint density at radius 1 is 1.78 bits per heavy atom. The van der Waals surface area contributed by atoms with Crippen LogP contribution in [0.1, 0.15) is 13.3 Å². The van der Waals surface area contributed by atoms with Crippen LogP contribution in [0, 0.1) is 0 Å². The van der Waals surface area contributed by atoms with Crippen LogP contribution < -0.4 is 0 Å². The number of alkyl halides is 1. The third-order valence-corrected chi connectivity index (χ3v) is 1.74. The molecule has 3 heteroatoms. The molecule has 0 amide bonds. The second-order valence-electron chi connectivity index (χ2n) is 1.92. The first-order valence-corrected chi connectivity index (χ1v) is 3.91. The third-order valence-electron chi connectivity index (χ3n) is 1.02. The summed E-state index contributed by atoms with van der Waals surface area (Å²) < 4.78 is 4.94. The van der Waals surface area contributed by atoms with E-state index in [2.05, 4.69) is 15.9 Å². The molecule has 0 saturated heterocycles. The number of carbonyl (C=O) groups excluding carboxylic acids is 1. The van der Waals surface area contributed by atoms with E-state index in [0.29, 0.717) is 6.42 Å². The molecule has 0 aromatic rings. The van der Waals surface area contributed by atoms with Gasteiger partial charge in [0.05, 0.1) is 6.10 Å². The van der Waals surface area contributed by atoms with Gasteiger partial charge in [-0.15, -0.1) is 0 Å². The molecule has 0 bridgehead atoms. The van der Waals surface area contributed by atoms with Crippen molar-refractivity contribution >= 4 is 21.7 Å². The molecule has 1 unspecified atom stereocenters. The molecule has 0 spiro atoms. The molecule has 0 saturated carbocycles. The average Bonchev–Trinajstić information content (AvgIpc) is 1.82. The Balaban J connectivity index is 3.43. The number of methoxy groups -OCH3 is 1. The molecule has 2 nitrogen and oxygen atoms in total. The van der Waals surface area contributed by atoms with Gasteiger partial charge in [-0.05, 0) is 6.92 Å². The summed E-state index contributed by atoms with van der Waals surface area (Å²) in [5.74, 6) is 0.168. The maximum atomic E-state index is 10.5. The predicted molar refractivity (Wildman–Crippen MR) is 39.9 cm³/mol. The fourth-order valence-corrected chi connectivity index (χ4v) is 1.01. The first-order valence-electron chi connectivity index (χ1n) is 2.79. The zero-order valence-electron chi connectivity index (χ0n) is 5.69. The number of rotatable bonds is 4. The highest BCUT2D eigenvalue weighted by Gasteiger charge is 2.06. The number of hydrogen-bond acceptors (Lipinski definition) is 2. The summed E-state index contributed by atoms with van der Waals surface area (Å²) in [6.45, 7) is 1.56. The smallest absolute Gasteiger partial charge is 0.132 e. The van der Waals surface area contributed by atoms with Crippen LogP contribution in [0.2, 0.25) is 0 Å². The molecule has 0 aliphatic rings. The summed E-state index contributed by atoms with van der Waals surface area (Å²) in [6, 6.07) is 0. The van der Waals surface area contributed by atoms with Crippen molar-refractivity contribution in [2.75, 3.05) is 12.4 Å². The second-order valence-corrected chi connectivity index (χ2v) is 2.57. The van der Waals surface area contributed by atoms with Gasteiger partial charge in [0, 0.05) is 18.9 Å². The van der Waals surface area contributed by atoms with Crippen molar-refractivity contribution < 1.29 is 9.53 Å². The molecule has 0 rings (SSSR count). The van der Waals surface area contributed by atoms with Gasteiger partial charge in [-0.1, -0.05) is 15.9 Å². The molecular weight excluding hydrogens is 184 g/mol. The van der Waals surface area contributed by atoms with E-state index in [1.54, 1.807) is 14.0 Å². The quantitative estimate of drug-likeness (QED) is 0.633. The van der Waals surface area contributed by atoms with E-state index in [0.717, 1.165) is 5.33 Å². The molecule has 0 aromatic carbocycles. The first-order chi connectivity index (χ1) is 4.20. The lowest BCUT2D eigenvalue weighted by Gasteiger charge is -2.07. The maximum Gasteiger partial charge on any atom is 0.132 e. The highest BCUT2D eigenvalue weighted by Crippen LogP contribution is 2.00. The summed E-state index contributed by atoms with van der Waals surface area (Å²) in [5, 5.41) is 0.725. The van der Waals surface area contributed by atoms with Gasteiger partial charge < -0.3 is 4.74 Å². The molecule has 54 valence electrons. The Kier molecular flexibility index (Phi) is 5.00. The highest BCUT2D eigenvalue weighted by molar-refractivity contribution is 9.09. The number of ether oxygens (including phenoxy) is 1. The van der Waals surface area contributed by atoms with Crippen molar-refractivity contribution in [2.45, 2.75) is 19.4 Å². The number of Topliss-reactive ketones (excluding diaryl/α,β-unsaturated/α-hetero) is 1. The Labute approximate surface area is 63.7 Å². The number of carbonyl (C=O) groups is 1. The van der Waals surface area contributed by atoms with Crippen molar-refractivity contribution in [1.29, 1.82) is 0 Å². The highest BCUT2D eigenvalue weighted by atomic mass is 79.9. The summed E-state index contributed by atoms with van der Waals surface area (Å²) in [6.07, 6.45) is 0.546. The molecule has 0 aliphatic heterocycles. The summed E-state index contributed by atoms with van der Waals surface area (Å²) in [7, 11) is 1.61. The van der Waals surface area contributed by atoms with Crippen LogP contribution in [0.4, 0.5) is 0 Å². The monoisotopic (exact) mass is 194 g/mol. The Morgan fingerprint density at radius 3 is 2.44 bits per heavy atom. The Morgan fingerprint density at radius 2 is 2.33 bits per heavy atom. The van der Waals surface area contributed by atoms with Gasteiger partial charge in [0.15, 0.2) is 0 Å². The van der Waals surface area contributed by atoms with Gasteiger partial charge in [-0.2, -0.15) is 0 Å². The van der Waals surface area contributed by atoms with Crippen molar-refractivity contribution in [1.82, 2.24) is 0 Å². The average molecular weight is 195 g/mol. The van der Waals surface area contributed by atoms with E-state index in [1.807, 2.05) is 0 Å². The second kappa shape index (κ2) is 4.94. The van der Waals surface area contributed by atoms with E-state index in [-0.39, 0.29) is 11.9 Å². The van der Waals surface area contributed by atoms with Gasteiger partial charge in [0.25, 0.3) is 0 Å². The lowest BCUT2D eigenvalue weighted by Crippen LogP contribution is -2.15. The SMILES string of the molecule is COC(CBr)CC(C)=O. The minimum absolute atomic E-state index is 0.0440. The minimum atomic E-state index is 0.0440. The normalized spacial score (nSPS) is 13.2. The number of ketones is 1. The number of halogens is 1. The molecule has 0 aromatic heterocycles. The summed E-state index contributed by atoms with van der Waals surface area (Å²) in [5.41, 5.74) is 0. The zero-order chi connectivity index (χ0) is 7.28. The summed E-state index contributed by atoms with van der Waals surface area (Å²) in [4.78, 5) is 10.5. The largest absolute Gasteiger partial charge is 0.380 e. The van der Waals surface area contributed by atoms with Crippen molar-refractivity contribution in [3.05, 3.63) is 0 Å². The van der Waals surface area contributed by atoms with E-state index < -0.39 is 0 Å². The molecular formula is C6H11BrO2. The fourth-order valence-electron chi connectivity index (χ4n) is 0.521. The molecule has 0 aliphatic carbocycles. The van der Waals surface area contributed by atoms with Gasteiger partial charge in [0.1, 0.15) is 5.78 Å². The minimum Gasteiger partial charge on any atom is -0.380 e. The molecule has 0 N–H and O–H groups in total. The lowest BCUT2D eigenvalue weighted by atomic mass is 10.2. The van der Waals surface area contributed by atoms with Crippen LogP contribution in [0.3, 0.4) is 0 Å². The van der Waals surface area contributed by atoms with E-state index >= 15 is 0 Å². The van der Waals surface area contributed by atoms with Crippen LogP contribution in [-0.4, -0.2) is 24.3 Å². The van der Waals surface area contributed by atoms with Crippen molar-refractivity contribution in [3.63, 3.8) is 0 Å². The van der Waals surface area contributed by atoms with Crippen LogP contribution in [0.25, 0.3) is 0 Å². The molecule has 0 fully saturated rings. The third kappa shape index (κ3) is 4.60. The van der Waals surface area contributed by atoms with Gasteiger partial charge >= 0.3 is 0 Å². The van der Waals surface area contributed by atoms with Gasteiger partial charge in [-0.3, -0.25) is 4.79 Å². The molecule has 9 heavy (non-hydrogen) atoms. The van der Waals surface area contributed by atoms with E-state index in [9.17, 15) is 4.79 Å². The molecule has 0 heterocycles. The van der Waals surface area contributed by atoms with Crippen molar-refractivity contribution in [2.24, 2.45) is 0 Å². The molecule has 0 radical (unpaired) electrons. The van der Waals surface area contributed by atoms with Crippen LogP contribution in [0.5, 0.6) is 0 Å². The van der Waals surface area contributed by atoms with Crippen LogP contribution >= 0.6 is 15.9 Å². The van der Waals surface area contributed by atoms with Gasteiger partial charge in [-0.25, -0.2) is 0 Å². The zero-order valence-corrected chi connectivity index (χ0v) is 7.27. The fraction of sp³-hybridized carbons (Fsp3) is 0.833. The van der Waals surface area contributed by atoms with Crippen molar-refractivity contribution in [3.8, 4) is 0 Å². The molecule has 1 atom stereocenters. The van der Waals surface area contributed by atoms with Crippen LogP contribution in [-0.2, 0) is 9.53 Å². The standard InChI is InChI=1S/C6H11BrO2/c1-5(8)3-6(4-7)9-2/h6H,3-4H2,1-2H3. The topological polar surface area (TPSA) is 26.3 Å². The van der Waals surface area contributed by atoms with E-state index in [4.69, 9.17) is 4.74 Å². The lowest BCUT2D eigenvalue weighted by molar-refractivity contribution is -0.118. The van der Waals surface area contributed by atoms with Gasteiger partial charge in [0.2, 0.25) is 0 Å². The number of hydrogen-bond donors (Lipinski definition) is 0. The van der Waals surface area contributed by atoms with E-state index in [1.165, 1.54) is 0 Å². The Hall–Kier alpha value is 0.110. The Bertz CT molecular complexity index is 89.1. The summed E-state index contributed by atoms with van der Waals surface area (Å²) >= 11 is 3.23.